The van der Waals surface area contributed by atoms with Gasteiger partial charge in [-0.1, -0.05) is 6.07 Å². The van der Waals surface area contributed by atoms with Crippen LogP contribution in [0.3, 0.4) is 0 Å². The number of anilines is 2. The number of hydrogen-bond donors (Lipinski definition) is 3. The minimum atomic E-state index is -4.42. The van der Waals surface area contributed by atoms with Crippen LogP contribution in [0.25, 0.3) is 16.6 Å². The normalized spacial score (nSPS) is 12.6. The third kappa shape index (κ3) is 3.07. The number of benzene rings is 2. The van der Waals surface area contributed by atoms with Gasteiger partial charge in [0.1, 0.15) is 5.84 Å². The van der Waals surface area contributed by atoms with Crippen molar-refractivity contribution in [2.45, 2.75) is 6.18 Å². The first kappa shape index (κ1) is 17.7. The van der Waals surface area contributed by atoms with Crippen LogP contribution in [0.1, 0.15) is 11.1 Å². The van der Waals surface area contributed by atoms with Crippen LogP contribution in [-0.4, -0.2) is 15.2 Å². The second-order valence-electron chi connectivity index (χ2n) is 6.15. The Hall–Kier alpha value is -3.75. The van der Waals surface area contributed by atoms with Crippen LogP contribution >= 0.6 is 0 Å². The number of hydrogen-bond acceptors (Lipinski definition) is 4. The van der Waals surface area contributed by atoms with Crippen LogP contribution in [-0.2, 0) is 6.18 Å². The zero-order chi connectivity index (χ0) is 19.9. The van der Waals surface area contributed by atoms with Gasteiger partial charge in [-0.05, 0) is 48.5 Å². The van der Waals surface area contributed by atoms with Crippen LogP contribution in [0.15, 0.2) is 65.9 Å². The number of hydrazone groups is 1. The van der Waals surface area contributed by atoms with Crippen LogP contribution in [0.2, 0.25) is 0 Å². The van der Waals surface area contributed by atoms with Crippen molar-refractivity contribution in [2.75, 3.05) is 5.32 Å². The van der Waals surface area contributed by atoms with E-state index in [9.17, 15) is 13.2 Å². The molecule has 0 saturated heterocycles. The Morgan fingerprint density at radius 2 is 1.86 bits per heavy atom. The molecule has 0 amide bonds. The fourth-order valence-corrected chi connectivity index (χ4v) is 3.01. The first-order chi connectivity index (χ1) is 13.4. The lowest BCUT2D eigenvalue weighted by Gasteiger charge is -2.13. The Labute approximate surface area is 157 Å². The quantitative estimate of drug-likeness (QED) is 0.217. The largest absolute Gasteiger partial charge is 0.416 e. The smallest absolute Gasteiger partial charge is 0.382 e. The number of nitrogens with two attached hydrogens (primary N) is 2. The summed E-state index contributed by atoms with van der Waals surface area (Å²) < 4.78 is 40.9. The molecule has 9 heteroatoms. The molecule has 0 aliphatic heterocycles. The summed E-state index contributed by atoms with van der Waals surface area (Å²) in [5.41, 5.74) is 8.02. The average molecular weight is 384 g/mol. The molecule has 0 spiro atoms. The van der Waals surface area contributed by atoms with Gasteiger partial charge in [-0.15, -0.1) is 0 Å². The van der Waals surface area contributed by atoms with E-state index >= 15 is 0 Å². The van der Waals surface area contributed by atoms with Gasteiger partial charge in [0, 0.05) is 17.4 Å². The molecule has 28 heavy (non-hydrogen) atoms. The molecular formula is C19H15F3N6. The molecule has 4 aromatic rings. The first-order valence-corrected chi connectivity index (χ1v) is 8.25. The molecule has 0 saturated carbocycles. The van der Waals surface area contributed by atoms with Crippen molar-refractivity contribution in [3.63, 3.8) is 0 Å². The Morgan fingerprint density at radius 1 is 1.04 bits per heavy atom. The monoisotopic (exact) mass is 384 g/mol. The summed E-state index contributed by atoms with van der Waals surface area (Å²) in [7, 11) is 0. The molecule has 2 aromatic heterocycles. The highest BCUT2D eigenvalue weighted by atomic mass is 19.4. The predicted molar refractivity (Wildman–Crippen MR) is 102 cm³/mol. The highest BCUT2D eigenvalue weighted by Crippen LogP contribution is 2.32. The SMILES string of the molecule is N/N=C(\N)c1ccc2c(c1)nc(Nc1cccc(C(F)(F)F)c1)c1cccn12. The number of nitrogens with zero attached hydrogens (tertiary/aromatic N) is 3. The van der Waals surface area contributed by atoms with Gasteiger partial charge in [0.2, 0.25) is 0 Å². The molecule has 0 aliphatic rings. The Bertz CT molecular complexity index is 1210. The van der Waals surface area contributed by atoms with E-state index in [1.807, 2.05) is 28.8 Å². The fourth-order valence-electron chi connectivity index (χ4n) is 3.01. The van der Waals surface area contributed by atoms with Gasteiger partial charge in [0.15, 0.2) is 5.82 Å². The van der Waals surface area contributed by atoms with Gasteiger partial charge < -0.3 is 21.3 Å². The summed E-state index contributed by atoms with van der Waals surface area (Å²) >= 11 is 0. The number of halogens is 3. The van der Waals surface area contributed by atoms with Gasteiger partial charge in [-0.2, -0.15) is 18.3 Å². The van der Waals surface area contributed by atoms with E-state index in [1.165, 1.54) is 6.07 Å². The van der Waals surface area contributed by atoms with E-state index in [2.05, 4.69) is 15.4 Å². The zero-order valence-corrected chi connectivity index (χ0v) is 14.4. The predicted octanol–water partition coefficient (Wildman–Crippen LogP) is 3.83. The number of alkyl halides is 3. The second kappa shape index (κ2) is 6.45. The Kier molecular flexibility index (Phi) is 4.07. The number of nitrogens with one attached hydrogen (secondary N) is 1. The van der Waals surface area contributed by atoms with Gasteiger partial charge >= 0.3 is 6.18 Å². The maximum Gasteiger partial charge on any atom is 0.416 e. The van der Waals surface area contributed by atoms with Gasteiger partial charge in [-0.3, -0.25) is 0 Å². The highest BCUT2D eigenvalue weighted by molar-refractivity contribution is 6.00. The number of aromatic nitrogens is 2. The molecule has 2 heterocycles. The van der Waals surface area contributed by atoms with Crippen molar-refractivity contribution in [2.24, 2.45) is 16.7 Å². The van der Waals surface area contributed by atoms with Crippen LogP contribution in [0.5, 0.6) is 0 Å². The highest BCUT2D eigenvalue weighted by Gasteiger charge is 2.30. The van der Waals surface area contributed by atoms with Crippen LogP contribution in [0.4, 0.5) is 24.7 Å². The number of fused-ring (bicyclic) bond motifs is 3. The van der Waals surface area contributed by atoms with Gasteiger partial charge in [0.05, 0.1) is 22.1 Å². The van der Waals surface area contributed by atoms with Crippen molar-refractivity contribution in [3.05, 3.63) is 71.9 Å². The number of rotatable bonds is 3. The third-order valence-electron chi connectivity index (χ3n) is 4.35. The second-order valence-corrected chi connectivity index (χ2v) is 6.15. The topological polar surface area (TPSA) is 93.7 Å². The fraction of sp³-hybridized carbons (Fsp3) is 0.0526. The summed E-state index contributed by atoms with van der Waals surface area (Å²) in [4.78, 5) is 4.58. The van der Waals surface area contributed by atoms with Crippen molar-refractivity contribution in [1.82, 2.24) is 9.38 Å². The van der Waals surface area contributed by atoms with Crippen molar-refractivity contribution < 1.29 is 13.2 Å². The van der Waals surface area contributed by atoms with Crippen LogP contribution in [0, 0.1) is 0 Å². The molecule has 0 radical (unpaired) electrons. The molecule has 0 bridgehead atoms. The molecule has 0 fully saturated rings. The summed E-state index contributed by atoms with van der Waals surface area (Å²) in [6.45, 7) is 0. The van der Waals surface area contributed by atoms with Crippen molar-refractivity contribution >= 4 is 33.9 Å². The molecule has 2 aromatic carbocycles. The lowest BCUT2D eigenvalue weighted by atomic mass is 10.1. The van der Waals surface area contributed by atoms with E-state index in [1.54, 1.807) is 18.2 Å². The zero-order valence-electron chi connectivity index (χ0n) is 14.4. The molecule has 6 nitrogen and oxygen atoms in total. The van der Waals surface area contributed by atoms with E-state index in [4.69, 9.17) is 11.6 Å². The third-order valence-corrected chi connectivity index (χ3v) is 4.35. The van der Waals surface area contributed by atoms with E-state index in [-0.39, 0.29) is 11.5 Å². The van der Waals surface area contributed by atoms with Crippen molar-refractivity contribution in [1.29, 1.82) is 0 Å². The first-order valence-electron chi connectivity index (χ1n) is 8.25. The minimum absolute atomic E-state index is 0.156. The van der Waals surface area contributed by atoms with Crippen molar-refractivity contribution in [3.8, 4) is 0 Å². The molecular weight excluding hydrogens is 369 g/mol. The standard InChI is InChI=1S/C19H15F3N6/c20-19(21,22)12-3-1-4-13(10-12)25-18-16-5-2-8-28(16)15-7-6-11(17(23)27-24)9-14(15)26-18/h1-10H,24H2,(H2,23,27)(H,25,26). The lowest BCUT2D eigenvalue weighted by Crippen LogP contribution is -2.15. The molecule has 0 aliphatic carbocycles. The summed E-state index contributed by atoms with van der Waals surface area (Å²) in [5, 5.41) is 6.46. The molecule has 0 unspecified atom stereocenters. The maximum absolute atomic E-state index is 13.0. The number of amidine groups is 1. The van der Waals surface area contributed by atoms with E-state index in [0.717, 1.165) is 23.2 Å². The minimum Gasteiger partial charge on any atom is -0.382 e. The van der Waals surface area contributed by atoms with Gasteiger partial charge in [-0.25, -0.2) is 4.98 Å². The van der Waals surface area contributed by atoms with E-state index in [0.29, 0.717) is 16.9 Å². The molecule has 142 valence electrons. The molecule has 4 rings (SSSR count). The molecule has 0 atom stereocenters. The van der Waals surface area contributed by atoms with Gasteiger partial charge in [0.25, 0.3) is 0 Å². The van der Waals surface area contributed by atoms with Crippen LogP contribution < -0.4 is 16.9 Å². The Morgan fingerprint density at radius 3 is 2.61 bits per heavy atom. The summed E-state index contributed by atoms with van der Waals surface area (Å²) in [6.07, 6.45) is -2.58. The molecule has 5 N–H and O–H groups in total. The Balaban J connectivity index is 1.85. The average Bonchev–Trinajstić information content (AvgIpc) is 3.17. The maximum atomic E-state index is 13.0. The lowest BCUT2D eigenvalue weighted by molar-refractivity contribution is -0.137. The summed E-state index contributed by atoms with van der Waals surface area (Å²) in [6, 6.07) is 13.9. The summed E-state index contributed by atoms with van der Waals surface area (Å²) in [5.74, 6) is 5.81. The van der Waals surface area contributed by atoms with E-state index < -0.39 is 11.7 Å².